The number of rotatable bonds is 5. The van der Waals surface area contributed by atoms with Crippen LogP contribution >= 0.6 is 0 Å². The average Bonchev–Trinajstić information content (AvgIpc) is 2.61. The van der Waals surface area contributed by atoms with Crippen LogP contribution in [0.5, 0.6) is 0 Å². The Hall–Kier alpha value is -2.82. The molecule has 2 N–H and O–H groups in total. The number of nitrogens with zero attached hydrogens (tertiary/aromatic N) is 1. The van der Waals surface area contributed by atoms with Crippen molar-refractivity contribution in [1.82, 2.24) is 10.2 Å². The smallest absolute Gasteiger partial charge is 0.408 e. The number of carboxylic acid groups (broad SMARTS) is 1. The first-order valence-electron chi connectivity index (χ1n) is 8.61. The van der Waals surface area contributed by atoms with Gasteiger partial charge in [-0.25, -0.2) is 4.79 Å². The summed E-state index contributed by atoms with van der Waals surface area (Å²) in [6.07, 6.45) is -1.12. The van der Waals surface area contributed by atoms with Crippen LogP contribution in [0.15, 0.2) is 60.7 Å². The van der Waals surface area contributed by atoms with Crippen molar-refractivity contribution in [3.8, 4) is 0 Å². The van der Waals surface area contributed by atoms with Crippen LogP contribution in [0, 0.1) is 0 Å². The molecule has 0 saturated carbocycles. The fourth-order valence-corrected chi connectivity index (χ4v) is 3.27. The Balaban J connectivity index is 2.70. The van der Waals surface area contributed by atoms with Crippen molar-refractivity contribution >= 4 is 12.0 Å². The van der Waals surface area contributed by atoms with Crippen LogP contribution in [0.2, 0.25) is 0 Å². The first-order chi connectivity index (χ1) is 12.3. The highest BCUT2D eigenvalue weighted by Crippen LogP contribution is 2.34. The highest BCUT2D eigenvalue weighted by atomic mass is 16.4. The zero-order valence-electron chi connectivity index (χ0n) is 15.6. The van der Waals surface area contributed by atoms with Crippen molar-refractivity contribution in [3.05, 3.63) is 71.8 Å². The standard InChI is InChI=1S/C21H26N2O3/c1-21(2,3)23(20(25)26)18(19(24)22-4)17(15-11-7-5-8-12-15)16-13-9-6-10-14-16/h5-14,17-18H,1-4H3,(H,22,24)(H,25,26)/t18-/m0/s1. The van der Waals surface area contributed by atoms with Gasteiger partial charge in [-0.15, -0.1) is 0 Å². The monoisotopic (exact) mass is 354 g/mol. The number of nitrogens with one attached hydrogen (secondary N) is 1. The Morgan fingerprint density at radius 1 is 0.923 bits per heavy atom. The first kappa shape index (κ1) is 19.5. The molecule has 0 aliphatic heterocycles. The van der Waals surface area contributed by atoms with E-state index in [1.807, 2.05) is 60.7 Å². The Morgan fingerprint density at radius 2 is 1.35 bits per heavy atom. The lowest BCUT2D eigenvalue weighted by Gasteiger charge is -2.42. The second kappa shape index (κ2) is 8.04. The lowest BCUT2D eigenvalue weighted by atomic mass is 9.82. The Labute approximate surface area is 154 Å². The summed E-state index contributed by atoms with van der Waals surface area (Å²) < 4.78 is 0. The maximum absolute atomic E-state index is 12.9. The summed E-state index contributed by atoms with van der Waals surface area (Å²) in [5, 5.41) is 12.6. The van der Waals surface area contributed by atoms with Gasteiger partial charge >= 0.3 is 6.09 Å². The Bertz CT molecular complexity index is 699. The molecule has 2 amide bonds. The van der Waals surface area contributed by atoms with E-state index in [-0.39, 0.29) is 5.91 Å². The predicted molar refractivity (Wildman–Crippen MR) is 102 cm³/mol. The minimum atomic E-state index is -1.12. The van der Waals surface area contributed by atoms with Gasteiger partial charge in [0.25, 0.3) is 0 Å². The van der Waals surface area contributed by atoms with Crippen LogP contribution in [-0.4, -0.2) is 40.6 Å². The number of likely N-dealkylation sites (N-methyl/N-ethyl adjacent to an activating group) is 1. The van der Waals surface area contributed by atoms with Gasteiger partial charge in [0.1, 0.15) is 6.04 Å². The minimum Gasteiger partial charge on any atom is -0.465 e. The highest BCUT2D eigenvalue weighted by Gasteiger charge is 2.43. The van der Waals surface area contributed by atoms with Crippen molar-refractivity contribution in [2.45, 2.75) is 38.3 Å². The average molecular weight is 354 g/mol. The molecule has 2 rings (SSSR count). The van der Waals surface area contributed by atoms with Gasteiger partial charge in [-0.05, 0) is 31.9 Å². The van der Waals surface area contributed by atoms with Gasteiger partial charge in [-0.3, -0.25) is 9.69 Å². The summed E-state index contributed by atoms with van der Waals surface area (Å²) in [7, 11) is 1.53. The molecule has 138 valence electrons. The van der Waals surface area contributed by atoms with Crippen LogP contribution in [0.25, 0.3) is 0 Å². The normalized spacial score (nSPS) is 12.5. The van der Waals surface area contributed by atoms with Gasteiger partial charge in [0.05, 0.1) is 0 Å². The van der Waals surface area contributed by atoms with Gasteiger partial charge < -0.3 is 10.4 Å². The maximum Gasteiger partial charge on any atom is 0.408 e. The molecular weight excluding hydrogens is 328 g/mol. The van der Waals surface area contributed by atoms with Crippen LogP contribution in [0.4, 0.5) is 4.79 Å². The van der Waals surface area contributed by atoms with E-state index in [2.05, 4.69) is 5.32 Å². The van der Waals surface area contributed by atoms with Crippen molar-refractivity contribution in [2.75, 3.05) is 7.05 Å². The summed E-state index contributed by atoms with van der Waals surface area (Å²) in [5.41, 5.74) is 1.04. The molecule has 5 nitrogen and oxygen atoms in total. The third-order valence-electron chi connectivity index (χ3n) is 4.36. The number of amides is 2. The highest BCUT2D eigenvalue weighted by molar-refractivity contribution is 5.87. The summed E-state index contributed by atoms with van der Waals surface area (Å²) in [6, 6.07) is 18.2. The largest absolute Gasteiger partial charge is 0.465 e. The minimum absolute atomic E-state index is 0.333. The number of hydrogen-bond donors (Lipinski definition) is 2. The van der Waals surface area contributed by atoms with Crippen LogP contribution in [0.3, 0.4) is 0 Å². The van der Waals surface area contributed by atoms with E-state index in [0.717, 1.165) is 11.1 Å². The van der Waals surface area contributed by atoms with E-state index in [0.29, 0.717) is 0 Å². The molecule has 0 heterocycles. The molecular formula is C21H26N2O3. The lowest BCUT2D eigenvalue weighted by molar-refractivity contribution is -0.127. The summed E-state index contributed by atoms with van der Waals surface area (Å²) in [4.78, 5) is 26.2. The molecule has 0 bridgehead atoms. The molecule has 1 atom stereocenters. The van der Waals surface area contributed by atoms with Crippen molar-refractivity contribution in [3.63, 3.8) is 0 Å². The molecule has 2 aromatic carbocycles. The van der Waals surface area contributed by atoms with Gasteiger partial charge in [0, 0.05) is 18.5 Å². The molecule has 0 unspecified atom stereocenters. The van der Waals surface area contributed by atoms with Crippen molar-refractivity contribution < 1.29 is 14.7 Å². The number of hydrogen-bond acceptors (Lipinski definition) is 2. The van der Waals surface area contributed by atoms with Crippen molar-refractivity contribution in [2.24, 2.45) is 0 Å². The molecule has 0 aliphatic carbocycles. The second-order valence-electron chi connectivity index (χ2n) is 7.18. The van der Waals surface area contributed by atoms with E-state index >= 15 is 0 Å². The van der Waals surface area contributed by atoms with Gasteiger partial charge in [-0.2, -0.15) is 0 Å². The third kappa shape index (κ3) is 4.23. The van der Waals surface area contributed by atoms with E-state index in [9.17, 15) is 14.7 Å². The molecule has 2 aromatic rings. The lowest BCUT2D eigenvalue weighted by Crippen LogP contribution is -2.58. The number of carbonyl (C=O) groups is 2. The van der Waals surface area contributed by atoms with E-state index in [1.165, 1.54) is 11.9 Å². The topological polar surface area (TPSA) is 69.6 Å². The Kier molecular flexibility index (Phi) is 6.03. The van der Waals surface area contributed by atoms with Crippen LogP contribution < -0.4 is 5.32 Å². The van der Waals surface area contributed by atoms with E-state index in [4.69, 9.17) is 0 Å². The quantitative estimate of drug-likeness (QED) is 0.860. The number of benzene rings is 2. The first-order valence-corrected chi connectivity index (χ1v) is 8.61. The fourth-order valence-electron chi connectivity index (χ4n) is 3.27. The van der Waals surface area contributed by atoms with Crippen molar-refractivity contribution in [1.29, 1.82) is 0 Å². The maximum atomic E-state index is 12.9. The molecule has 5 heteroatoms. The summed E-state index contributed by atoms with van der Waals surface area (Å²) >= 11 is 0. The molecule has 0 spiro atoms. The SMILES string of the molecule is CNC(=O)[C@H](C(c1ccccc1)c1ccccc1)N(C(=O)O)C(C)(C)C. The zero-order chi connectivity index (χ0) is 19.3. The van der Waals surface area contributed by atoms with Crippen LogP contribution in [-0.2, 0) is 4.79 Å². The number of carbonyl (C=O) groups excluding carboxylic acids is 1. The Morgan fingerprint density at radius 3 is 1.65 bits per heavy atom. The van der Waals surface area contributed by atoms with Gasteiger partial charge in [-0.1, -0.05) is 60.7 Å². The predicted octanol–water partition coefficient (Wildman–Crippen LogP) is 3.71. The molecule has 0 fully saturated rings. The zero-order valence-corrected chi connectivity index (χ0v) is 15.6. The van der Waals surface area contributed by atoms with Gasteiger partial charge in [0.15, 0.2) is 0 Å². The van der Waals surface area contributed by atoms with E-state index in [1.54, 1.807) is 20.8 Å². The van der Waals surface area contributed by atoms with E-state index < -0.39 is 23.6 Å². The van der Waals surface area contributed by atoms with Gasteiger partial charge in [0.2, 0.25) is 5.91 Å². The summed E-state index contributed by atoms with van der Waals surface area (Å²) in [5.74, 6) is -0.757. The third-order valence-corrected chi connectivity index (χ3v) is 4.36. The molecule has 26 heavy (non-hydrogen) atoms. The van der Waals surface area contributed by atoms with Crippen LogP contribution in [0.1, 0.15) is 37.8 Å². The summed E-state index contributed by atoms with van der Waals surface area (Å²) in [6.45, 7) is 5.39. The molecule has 0 aliphatic rings. The molecule has 0 saturated heterocycles. The molecule has 0 aromatic heterocycles. The fraction of sp³-hybridized carbons (Fsp3) is 0.333. The molecule has 0 radical (unpaired) electrons. The second-order valence-corrected chi connectivity index (χ2v) is 7.18.